The fraction of sp³-hybridized carbons (Fsp3) is 0.333. The van der Waals surface area contributed by atoms with E-state index in [0.29, 0.717) is 11.4 Å². The van der Waals surface area contributed by atoms with E-state index in [2.05, 4.69) is 5.32 Å². The highest BCUT2D eigenvalue weighted by molar-refractivity contribution is 5.72. The van der Waals surface area contributed by atoms with Crippen LogP contribution in [0, 0.1) is 0 Å². The lowest BCUT2D eigenvalue weighted by Crippen LogP contribution is -2.02. The van der Waals surface area contributed by atoms with E-state index in [4.69, 9.17) is 10.5 Å². The van der Waals surface area contributed by atoms with Crippen molar-refractivity contribution in [2.24, 2.45) is 0 Å². The molecule has 3 N–H and O–H groups in total. The number of rotatable bonds is 3. The normalized spacial score (nSPS) is 9.50. The molecular weight excluding hydrogens is 152 g/mol. The number of nitrogen functional groups attached to an aromatic ring is 1. The molecule has 0 unspecified atom stereocenters. The van der Waals surface area contributed by atoms with Gasteiger partial charge in [-0.1, -0.05) is 6.07 Å². The number of ether oxygens (including phenoxy) is 1. The van der Waals surface area contributed by atoms with Crippen LogP contribution in [0.5, 0.6) is 5.75 Å². The van der Waals surface area contributed by atoms with E-state index in [1.54, 1.807) is 7.11 Å². The number of anilines is 2. The average Bonchev–Trinajstić information content (AvgIpc) is 2.09. The molecule has 0 bridgehead atoms. The van der Waals surface area contributed by atoms with Gasteiger partial charge < -0.3 is 15.8 Å². The molecule has 0 radical (unpaired) electrons. The van der Waals surface area contributed by atoms with Crippen LogP contribution in [0.1, 0.15) is 6.92 Å². The third-order valence-corrected chi connectivity index (χ3v) is 1.65. The van der Waals surface area contributed by atoms with Crippen LogP contribution in [0.15, 0.2) is 18.2 Å². The lowest BCUT2D eigenvalue weighted by atomic mass is 10.2. The van der Waals surface area contributed by atoms with Crippen molar-refractivity contribution in [2.45, 2.75) is 6.92 Å². The summed E-state index contributed by atoms with van der Waals surface area (Å²) >= 11 is 0. The lowest BCUT2D eigenvalue weighted by Gasteiger charge is -2.10. The number of hydrogen-bond donors (Lipinski definition) is 2. The van der Waals surface area contributed by atoms with E-state index in [1.165, 1.54) is 0 Å². The summed E-state index contributed by atoms with van der Waals surface area (Å²) in [5, 5.41) is 3.15. The minimum absolute atomic E-state index is 0.668. The first-order chi connectivity index (χ1) is 5.79. The van der Waals surface area contributed by atoms with E-state index < -0.39 is 0 Å². The molecule has 0 saturated heterocycles. The van der Waals surface area contributed by atoms with Crippen molar-refractivity contribution >= 4 is 11.4 Å². The van der Waals surface area contributed by atoms with Crippen LogP contribution in [0.25, 0.3) is 0 Å². The topological polar surface area (TPSA) is 47.3 Å². The Kier molecular flexibility index (Phi) is 2.80. The van der Waals surface area contributed by atoms with Crippen LogP contribution in [-0.4, -0.2) is 13.7 Å². The second-order valence-electron chi connectivity index (χ2n) is 2.45. The van der Waals surface area contributed by atoms with Crippen molar-refractivity contribution in [3.05, 3.63) is 18.2 Å². The van der Waals surface area contributed by atoms with Crippen molar-refractivity contribution in [3.8, 4) is 5.75 Å². The second-order valence-corrected chi connectivity index (χ2v) is 2.45. The fourth-order valence-corrected chi connectivity index (χ4v) is 1.07. The second kappa shape index (κ2) is 3.85. The van der Waals surface area contributed by atoms with Gasteiger partial charge in [0.05, 0.1) is 18.5 Å². The third-order valence-electron chi connectivity index (χ3n) is 1.65. The van der Waals surface area contributed by atoms with E-state index in [9.17, 15) is 0 Å². The lowest BCUT2D eigenvalue weighted by molar-refractivity contribution is 0.417. The van der Waals surface area contributed by atoms with E-state index in [-0.39, 0.29) is 0 Å². The van der Waals surface area contributed by atoms with E-state index in [0.717, 1.165) is 12.2 Å². The Hall–Kier alpha value is -1.38. The molecule has 3 heteroatoms. The molecule has 1 aromatic carbocycles. The molecule has 0 atom stereocenters. The predicted molar refractivity (Wildman–Crippen MR) is 51.6 cm³/mol. The molecule has 1 aromatic rings. The maximum Gasteiger partial charge on any atom is 0.143 e. The molecule has 3 nitrogen and oxygen atoms in total. The molecule has 0 amide bonds. The molecule has 12 heavy (non-hydrogen) atoms. The minimum Gasteiger partial charge on any atom is -0.495 e. The summed E-state index contributed by atoms with van der Waals surface area (Å²) in [6, 6.07) is 5.69. The Morgan fingerprint density at radius 3 is 2.83 bits per heavy atom. The number of benzene rings is 1. The largest absolute Gasteiger partial charge is 0.495 e. The molecule has 0 aliphatic heterocycles. The smallest absolute Gasteiger partial charge is 0.143 e. The Bertz CT molecular complexity index is 261. The van der Waals surface area contributed by atoms with Gasteiger partial charge in [0.25, 0.3) is 0 Å². The van der Waals surface area contributed by atoms with E-state index >= 15 is 0 Å². The first-order valence-corrected chi connectivity index (χ1v) is 3.96. The minimum atomic E-state index is 0.668. The highest BCUT2D eigenvalue weighted by atomic mass is 16.5. The molecule has 1 rings (SSSR count). The Morgan fingerprint density at radius 2 is 2.25 bits per heavy atom. The number of methoxy groups -OCH3 is 1. The zero-order chi connectivity index (χ0) is 8.97. The molecular formula is C9H14N2O. The van der Waals surface area contributed by atoms with Crippen LogP contribution >= 0.6 is 0 Å². The van der Waals surface area contributed by atoms with Gasteiger partial charge in [-0.15, -0.1) is 0 Å². The summed E-state index contributed by atoms with van der Waals surface area (Å²) in [4.78, 5) is 0. The number of hydrogen-bond acceptors (Lipinski definition) is 3. The number of nitrogens with one attached hydrogen (secondary N) is 1. The van der Waals surface area contributed by atoms with Gasteiger partial charge in [0, 0.05) is 6.54 Å². The third kappa shape index (κ3) is 1.61. The first-order valence-electron chi connectivity index (χ1n) is 3.96. The van der Waals surface area contributed by atoms with Gasteiger partial charge in [-0.05, 0) is 19.1 Å². The standard InChI is InChI=1S/C9H14N2O/c1-3-11-7-5-4-6-8(12-2)9(7)10/h4-6,11H,3,10H2,1-2H3. The van der Waals surface area contributed by atoms with Gasteiger partial charge in [-0.2, -0.15) is 0 Å². The highest BCUT2D eigenvalue weighted by Gasteiger charge is 2.02. The molecule has 0 aromatic heterocycles. The van der Waals surface area contributed by atoms with Gasteiger partial charge in [0.2, 0.25) is 0 Å². The molecule has 0 fully saturated rings. The van der Waals surface area contributed by atoms with Crippen molar-refractivity contribution in [1.29, 1.82) is 0 Å². The van der Waals surface area contributed by atoms with Crippen molar-refractivity contribution in [3.63, 3.8) is 0 Å². The monoisotopic (exact) mass is 166 g/mol. The molecule has 0 spiro atoms. The van der Waals surface area contributed by atoms with Crippen LogP contribution in [0.2, 0.25) is 0 Å². The van der Waals surface area contributed by atoms with Crippen molar-refractivity contribution in [1.82, 2.24) is 0 Å². The summed E-state index contributed by atoms with van der Waals surface area (Å²) in [5.41, 5.74) is 7.39. The summed E-state index contributed by atoms with van der Waals surface area (Å²) < 4.78 is 5.07. The fourth-order valence-electron chi connectivity index (χ4n) is 1.07. The first kappa shape index (κ1) is 8.71. The predicted octanol–water partition coefficient (Wildman–Crippen LogP) is 1.71. The summed E-state index contributed by atoms with van der Waals surface area (Å²) in [7, 11) is 1.61. The van der Waals surface area contributed by atoms with Crippen LogP contribution < -0.4 is 15.8 Å². The van der Waals surface area contributed by atoms with Gasteiger partial charge in [-0.3, -0.25) is 0 Å². The van der Waals surface area contributed by atoms with Crippen LogP contribution in [-0.2, 0) is 0 Å². The molecule has 0 aliphatic carbocycles. The molecule has 0 saturated carbocycles. The number of para-hydroxylation sites is 1. The van der Waals surface area contributed by atoms with Gasteiger partial charge in [-0.25, -0.2) is 0 Å². The maximum atomic E-state index is 5.79. The molecule has 0 heterocycles. The van der Waals surface area contributed by atoms with Crippen LogP contribution in [0.3, 0.4) is 0 Å². The molecule has 66 valence electrons. The van der Waals surface area contributed by atoms with Gasteiger partial charge in [0.15, 0.2) is 0 Å². The van der Waals surface area contributed by atoms with Gasteiger partial charge >= 0.3 is 0 Å². The maximum absolute atomic E-state index is 5.79. The van der Waals surface area contributed by atoms with Crippen molar-refractivity contribution < 1.29 is 4.74 Å². The SMILES string of the molecule is CCNc1cccc(OC)c1N. The van der Waals surface area contributed by atoms with E-state index in [1.807, 2.05) is 25.1 Å². The van der Waals surface area contributed by atoms with Crippen molar-refractivity contribution in [2.75, 3.05) is 24.7 Å². The molecule has 0 aliphatic rings. The Balaban J connectivity index is 2.97. The summed E-state index contributed by atoms with van der Waals surface area (Å²) in [6.45, 7) is 2.89. The van der Waals surface area contributed by atoms with Gasteiger partial charge in [0.1, 0.15) is 5.75 Å². The Morgan fingerprint density at radius 1 is 1.50 bits per heavy atom. The quantitative estimate of drug-likeness (QED) is 0.672. The Labute approximate surface area is 72.5 Å². The zero-order valence-electron chi connectivity index (χ0n) is 7.42. The average molecular weight is 166 g/mol. The highest BCUT2D eigenvalue weighted by Crippen LogP contribution is 2.28. The number of nitrogens with two attached hydrogens (primary N) is 1. The zero-order valence-corrected chi connectivity index (χ0v) is 7.42. The van der Waals surface area contributed by atoms with Crippen LogP contribution in [0.4, 0.5) is 11.4 Å². The summed E-state index contributed by atoms with van der Waals surface area (Å²) in [5.74, 6) is 0.716. The summed E-state index contributed by atoms with van der Waals surface area (Å²) in [6.07, 6.45) is 0.